The fourth-order valence-electron chi connectivity index (χ4n) is 2.71. The second kappa shape index (κ2) is 10.9. The fourth-order valence-corrected chi connectivity index (χ4v) is 2.71. The summed E-state index contributed by atoms with van der Waals surface area (Å²) in [5.41, 5.74) is 6.62. The lowest BCUT2D eigenvalue weighted by Crippen LogP contribution is -2.44. The lowest BCUT2D eigenvalue weighted by atomic mass is 10.1. The number of hydrogen-bond acceptors (Lipinski definition) is 5. The number of ether oxygens (including phenoxy) is 1. The summed E-state index contributed by atoms with van der Waals surface area (Å²) in [7, 11) is 0. The van der Waals surface area contributed by atoms with Crippen LogP contribution in [-0.2, 0) is 16.0 Å². The van der Waals surface area contributed by atoms with Gasteiger partial charge in [-0.1, -0.05) is 48.5 Å². The van der Waals surface area contributed by atoms with E-state index in [2.05, 4.69) is 10.3 Å². The Morgan fingerprint density at radius 3 is 2.28 bits per heavy atom. The number of aromatic nitrogens is 1. The van der Waals surface area contributed by atoms with Crippen molar-refractivity contribution in [3.63, 3.8) is 0 Å². The average Bonchev–Trinajstić information content (AvgIpc) is 2.72. The van der Waals surface area contributed by atoms with Crippen molar-refractivity contribution in [2.75, 3.05) is 0 Å². The molecule has 3 rings (SSSR count). The minimum atomic E-state index is -1.09. The van der Waals surface area contributed by atoms with E-state index in [4.69, 9.17) is 15.6 Å². The predicted octanol–water partition coefficient (Wildman–Crippen LogP) is 3.54. The summed E-state index contributed by atoms with van der Waals surface area (Å²) in [6, 6.07) is 17.4. The first-order valence-corrected chi connectivity index (χ1v) is 9.96. The number of benzene rings is 2. The number of hydrogen-bond donors (Lipinski definition) is 3. The third-order valence-corrected chi connectivity index (χ3v) is 4.15. The number of fused-ring (bicyclic) bond motifs is 1. The molecule has 1 aromatic heterocycles. The maximum Gasteiger partial charge on any atom is 0.408 e. The Kier molecular flexibility index (Phi) is 8.29. The minimum Gasteiger partial charge on any atom is -0.480 e. The van der Waals surface area contributed by atoms with E-state index in [1.54, 1.807) is 26.8 Å². The Bertz CT molecular complexity index is 1080. The van der Waals surface area contributed by atoms with Crippen LogP contribution in [0.4, 0.5) is 4.79 Å². The van der Waals surface area contributed by atoms with Crippen LogP contribution in [0.15, 0.2) is 66.9 Å². The summed E-state index contributed by atoms with van der Waals surface area (Å²) in [6.45, 7) is 5.17. The summed E-state index contributed by atoms with van der Waals surface area (Å²) < 4.78 is 5.04. The number of carboxylic acid groups (broad SMARTS) is 1. The lowest BCUT2D eigenvalue weighted by molar-refractivity contribution is -0.139. The number of rotatable bonds is 5. The zero-order valence-corrected chi connectivity index (χ0v) is 18.2. The molecule has 0 aliphatic rings. The van der Waals surface area contributed by atoms with Gasteiger partial charge >= 0.3 is 12.1 Å². The summed E-state index contributed by atoms with van der Waals surface area (Å²) in [5.74, 6) is -1.53. The van der Waals surface area contributed by atoms with Crippen molar-refractivity contribution in [3.05, 3.63) is 78.0 Å². The summed E-state index contributed by atoms with van der Waals surface area (Å²) in [6.07, 6.45) is 0.982. The molecule has 0 radical (unpaired) electrons. The van der Waals surface area contributed by atoms with E-state index in [1.807, 2.05) is 54.6 Å². The maximum absolute atomic E-state index is 11.6. The van der Waals surface area contributed by atoms with E-state index < -0.39 is 29.6 Å². The molecule has 32 heavy (non-hydrogen) atoms. The minimum absolute atomic E-state index is 0.218. The van der Waals surface area contributed by atoms with Gasteiger partial charge in [0.15, 0.2) is 0 Å². The molecule has 0 saturated carbocycles. The quantitative estimate of drug-likeness (QED) is 0.559. The Balaban J connectivity index is 0.000000242. The van der Waals surface area contributed by atoms with E-state index in [9.17, 15) is 14.4 Å². The molecule has 0 aliphatic heterocycles. The monoisotopic (exact) mass is 437 g/mol. The summed E-state index contributed by atoms with van der Waals surface area (Å²) in [4.78, 5) is 37.6. The molecule has 0 unspecified atom stereocenters. The average molecular weight is 437 g/mol. The van der Waals surface area contributed by atoms with Crippen LogP contribution in [0.2, 0.25) is 0 Å². The molecular formula is C24H27N3O5. The zero-order valence-electron chi connectivity index (χ0n) is 18.2. The second-order valence-corrected chi connectivity index (χ2v) is 8.01. The Morgan fingerprint density at radius 1 is 1.06 bits per heavy atom. The van der Waals surface area contributed by atoms with Gasteiger partial charge in [-0.15, -0.1) is 0 Å². The summed E-state index contributed by atoms with van der Waals surface area (Å²) in [5, 5.41) is 12.4. The van der Waals surface area contributed by atoms with Gasteiger partial charge in [0, 0.05) is 18.0 Å². The van der Waals surface area contributed by atoms with Crippen molar-refractivity contribution in [2.24, 2.45) is 5.73 Å². The largest absolute Gasteiger partial charge is 0.480 e. The van der Waals surface area contributed by atoms with Crippen molar-refractivity contribution in [1.82, 2.24) is 10.3 Å². The highest BCUT2D eigenvalue weighted by molar-refractivity contribution is 5.96. The standard InChI is InChI=1S/C14H19NO4.C10H8N2O/c1-14(2,3)19-13(18)15-11(12(16)17)9-10-7-5-4-6-8-10;11-10(13)8-5-7-3-1-2-4-9(7)12-6-8/h4-8,11H,9H2,1-3H3,(H,15,18)(H,16,17);1-6H,(H2,11,13)/t11-;/m0./s1. The van der Waals surface area contributed by atoms with Crippen molar-refractivity contribution in [2.45, 2.75) is 38.8 Å². The van der Waals surface area contributed by atoms with Crippen LogP contribution >= 0.6 is 0 Å². The number of carboxylic acids is 1. The molecule has 0 aliphatic carbocycles. The van der Waals surface area contributed by atoms with Crippen LogP contribution in [0.25, 0.3) is 10.9 Å². The number of nitrogens with zero attached hydrogens (tertiary/aromatic N) is 1. The molecule has 2 aromatic carbocycles. The number of para-hydroxylation sites is 1. The van der Waals surface area contributed by atoms with Crippen LogP contribution in [-0.4, -0.2) is 39.7 Å². The van der Waals surface area contributed by atoms with Gasteiger partial charge in [0.05, 0.1) is 11.1 Å². The predicted molar refractivity (Wildman–Crippen MR) is 121 cm³/mol. The molecule has 4 N–H and O–H groups in total. The number of amides is 2. The third-order valence-electron chi connectivity index (χ3n) is 4.15. The molecule has 0 fully saturated rings. The molecule has 168 valence electrons. The number of carbonyl (C=O) groups excluding carboxylic acids is 2. The number of alkyl carbamates (subject to hydrolysis) is 1. The van der Waals surface area contributed by atoms with Gasteiger partial charge in [0.1, 0.15) is 11.6 Å². The topological polar surface area (TPSA) is 132 Å². The number of nitrogens with one attached hydrogen (secondary N) is 1. The van der Waals surface area contributed by atoms with Crippen LogP contribution in [0.5, 0.6) is 0 Å². The van der Waals surface area contributed by atoms with E-state index in [-0.39, 0.29) is 6.42 Å². The first-order chi connectivity index (χ1) is 15.0. The van der Waals surface area contributed by atoms with Gasteiger partial charge in [-0.25, -0.2) is 9.59 Å². The van der Waals surface area contributed by atoms with Gasteiger partial charge in [0.25, 0.3) is 0 Å². The second-order valence-electron chi connectivity index (χ2n) is 8.01. The molecular weight excluding hydrogens is 410 g/mol. The maximum atomic E-state index is 11.6. The Labute approximate surface area is 186 Å². The number of aliphatic carboxylic acids is 1. The molecule has 0 bridgehead atoms. The van der Waals surface area contributed by atoms with E-state index in [0.29, 0.717) is 5.56 Å². The van der Waals surface area contributed by atoms with E-state index in [1.165, 1.54) is 6.20 Å². The zero-order chi connectivity index (χ0) is 23.7. The molecule has 3 aromatic rings. The van der Waals surface area contributed by atoms with Crippen molar-refractivity contribution < 1.29 is 24.2 Å². The molecule has 2 amide bonds. The highest BCUT2D eigenvalue weighted by Gasteiger charge is 2.24. The van der Waals surface area contributed by atoms with Gasteiger partial charge in [-0.05, 0) is 38.5 Å². The highest BCUT2D eigenvalue weighted by Crippen LogP contribution is 2.12. The van der Waals surface area contributed by atoms with Crippen LogP contribution in [0.3, 0.4) is 0 Å². The number of primary amides is 1. The third kappa shape index (κ3) is 8.06. The normalized spacial score (nSPS) is 11.6. The van der Waals surface area contributed by atoms with E-state index >= 15 is 0 Å². The first kappa shape index (κ1) is 24.3. The SMILES string of the molecule is CC(C)(C)OC(=O)N[C@@H](Cc1ccccc1)C(=O)O.NC(=O)c1cnc2ccccc2c1. The smallest absolute Gasteiger partial charge is 0.408 e. The Morgan fingerprint density at radius 2 is 1.69 bits per heavy atom. The number of carbonyl (C=O) groups is 3. The molecule has 8 nitrogen and oxygen atoms in total. The molecule has 1 atom stereocenters. The molecule has 8 heteroatoms. The fraction of sp³-hybridized carbons (Fsp3) is 0.250. The van der Waals surface area contributed by atoms with Crippen LogP contribution in [0, 0.1) is 0 Å². The van der Waals surface area contributed by atoms with Crippen molar-refractivity contribution in [3.8, 4) is 0 Å². The number of nitrogens with two attached hydrogens (primary N) is 1. The van der Waals surface area contributed by atoms with Gasteiger partial charge in [-0.2, -0.15) is 0 Å². The van der Waals surface area contributed by atoms with Gasteiger partial charge in [-0.3, -0.25) is 9.78 Å². The molecule has 0 saturated heterocycles. The molecule has 1 heterocycles. The number of pyridine rings is 1. The Hall–Kier alpha value is -3.94. The van der Waals surface area contributed by atoms with Crippen molar-refractivity contribution >= 4 is 28.9 Å². The van der Waals surface area contributed by atoms with Gasteiger partial charge < -0.3 is 20.9 Å². The van der Waals surface area contributed by atoms with Crippen LogP contribution < -0.4 is 11.1 Å². The first-order valence-electron chi connectivity index (χ1n) is 9.96. The van der Waals surface area contributed by atoms with Gasteiger partial charge in [0.2, 0.25) is 5.91 Å². The van der Waals surface area contributed by atoms with E-state index in [0.717, 1.165) is 16.5 Å². The highest BCUT2D eigenvalue weighted by atomic mass is 16.6. The van der Waals surface area contributed by atoms with Crippen LogP contribution in [0.1, 0.15) is 36.7 Å². The molecule has 0 spiro atoms. The van der Waals surface area contributed by atoms with Crippen molar-refractivity contribution in [1.29, 1.82) is 0 Å². The lowest BCUT2D eigenvalue weighted by Gasteiger charge is -2.22. The summed E-state index contributed by atoms with van der Waals surface area (Å²) >= 11 is 0.